The van der Waals surface area contributed by atoms with E-state index in [2.05, 4.69) is 10.0 Å². The molecule has 0 bridgehead atoms. The van der Waals surface area contributed by atoms with Crippen molar-refractivity contribution in [3.63, 3.8) is 0 Å². The third-order valence-electron chi connectivity index (χ3n) is 5.02. The predicted octanol–water partition coefficient (Wildman–Crippen LogP) is 3.88. The van der Waals surface area contributed by atoms with E-state index < -0.39 is 10.0 Å². The average Bonchev–Trinajstić information content (AvgIpc) is 2.85. The zero-order valence-electron chi connectivity index (χ0n) is 19.3. The van der Waals surface area contributed by atoms with Crippen LogP contribution in [0, 0.1) is 0 Å². The topological polar surface area (TPSA) is 103 Å². The molecule has 0 saturated carbocycles. The molecule has 34 heavy (non-hydrogen) atoms. The smallest absolute Gasteiger partial charge is 0.261 e. The highest BCUT2D eigenvalue weighted by Crippen LogP contribution is 2.25. The highest BCUT2D eigenvalue weighted by atomic mass is 32.2. The summed E-state index contributed by atoms with van der Waals surface area (Å²) in [4.78, 5) is 12.5. The van der Waals surface area contributed by atoms with Gasteiger partial charge in [-0.15, -0.1) is 0 Å². The standard InChI is InChI=1S/C25H28N2O6S/c1-4-33-21-11-8-20(9-12-21)27-34(29,30)23-13-6-19(7-14-23)25(28)26-16-15-18-5-10-22(31-2)17-24(18)32-3/h5-14,17,27H,4,15-16H2,1-3H3,(H,26,28). The van der Waals surface area contributed by atoms with E-state index in [-0.39, 0.29) is 10.8 Å². The fourth-order valence-corrected chi connectivity index (χ4v) is 4.32. The molecule has 3 aromatic rings. The SMILES string of the molecule is CCOc1ccc(NS(=O)(=O)c2ccc(C(=O)NCCc3ccc(OC)cc3OC)cc2)cc1. The Balaban J connectivity index is 1.58. The van der Waals surface area contributed by atoms with Crippen LogP contribution < -0.4 is 24.2 Å². The lowest BCUT2D eigenvalue weighted by Crippen LogP contribution is -2.25. The van der Waals surface area contributed by atoms with Crippen molar-refractivity contribution in [1.29, 1.82) is 0 Å². The summed E-state index contributed by atoms with van der Waals surface area (Å²) in [6.07, 6.45) is 0.567. The summed E-state index contributed by atoms with van der Waals surface area (Å²) in [5.74, 6) is 1.74. The third-order valence-corrected chi connectivity index (χ3v) is 6.42. The number of hydrogen-bond acceptors (Lipinski definition) is 6. The molecule has 180 valence electrons. The maximum absolute atomic E-state index is 12.7. The Morgan fingerprint density at radius 2 is 1.56 bits per heavy atom. The molecule has 0 saturated heterocycles. The van der Waals surface area contributed by atoms with Gasteiger partial charge in [-0.05, 0) is 73.5 Å². The lowest BCUT2D eigenvalue weighted by atomic mass is 10.1. The number of ether oxygens (including phenoxy) is 3. The predicted molar refractivity (Wildman–Crippen MR) is 130 cm³/mol. The lowest BCUT2D eigenvalue weighted by Gasteiger charge is -2.11. The molecule has 0 aliphatic carbocycles. The van der Waals surface area contributed by atoms with Crippen LogP contribution in [0.2, 0.25) is 0 Å². The highest BCUT2D eigenvalue weighted by Gasteiger charge is 2.15. The molecule has 0 aliphatic heterocycles. The van der Waals surface area contributed by atoms with Crippen LogP contribution in [-0.4, -0.2) is 41.7 Å². The van der Waals surface area contributed by atoms with Crippen molar-refractivity contribution in [3.8, 4) is 17.2 Å². The second-order valence-corrected chi connectivity index (χ2v) is 8.95. The second-order valence-electron chi connectivity index (χ2n) is 7.27. The minimum absolute atomic E-state index is 0.0564. The largest absolute Gasteiger partial charge is 0.497 e. The molecule has 8 nitrogen and oxygen atoms in total. The van der Waals surface area contributed by atoms with E-state index in [1.54, 1.807) is 44.6 Å². The van der Waals surface area contributed by atoms with Crippen LogP contribution in [0.1, 0.15) is 22.8 Å². The molecule has 0 aliphatic rings. The Kier molecular flexibility index (Phi) is 8.37. The maximum Gasteiger partial charge on any atom is 0.261 e. The Hall–Kier alpha value is -3.72. The van der Waals surface area contributed by atoms with Crippen LogP contribution in [0.4, 0.5) is 5.69 Å². The van der Waals surface area contributed by atoms with Crippen LogP contribution in [0.3, 0.4) is 0 Å². The first-order chi connectivity index (χ1) is 16.4. The van der Waals surface area contributed by atoms with Gasteiger partial charge in [0.15, 0.2) is 0 Å². The molecular formula is C25H28N2O6S. The Bertz CT molecular complexity index is 1210. The van der Waals surface area contributed by atoms with Gasteiger partial charge in [-0.1, -0.05) is 6.07 Å². The highest BCUT2D eigenvalue weighted by molar-refractivity contribution is 7.92. The van der Waals surface area contributed by atoms with Crippen molar-refractivity contribution in [2.75, 3.05) is 32.1 Å². The zero-order valence-corrected chi connectivity index (χ0v) is 20.1. The van der Waals surface area contributed by atoms with Gasteiger partial charge in [-0.25, -0.2) is 8.42 Å². The zero-order chi connectivity index (χ0) is 24.6. The molecule has 0 fully saturated rings. The number of nitrogens with one attached hydrogen (secondary N) is 2. The van der Waals surface area contributed by atoms with Crippen molar-refractivity contribution in [3.05, 3.63) is 77.9 Å². The third kappa shape index (κ3) is 6.41. The maximum atomic E-state index is 12.7. The van der Waals surface area contributed by atoms with Crippen LogP contribution in [0.5, 0.6) is 17.2 Å². The summed E-state index contributed by atoms with van der Waals surface area (Å²) in [6.45, 7) is 2.79. The van der Waals surface area contributed by atoms with Gasteiger partial charge in [0.25, 0.3) is 15.9 Å². The normalized spacial score (nSPS) is 10.9. The van der Waals surface area contributed by atoms with Crippen molar-refractivity contribution >= 4 is 21.6 Å². The van der Waals surface area contributed by atoms with Crippen molar-refractivity contribution in [1.82, 2.24) is 5.32 Å². The molecule has 3 rings (SSSR count). The number of rotatable bonds is 11. The Morgan fingerprint density at radius 1 is 0.882 bits per heavy atom. The molecule has 0 atom stereocenters. The number of benzene rings is 3. The van der Waals surface area contributed by atoms with Gasteiger partial charge >= 0.3 is 0 Å². The van der Waals surface area contributed by atoms with Gasteiger partial charge in [0.05, 0.1) is 25.7 Å². The van der Waals surface area contributed by atoms with Crippen LogP contribution in [0.15, 0.2) is 71.6 Å². The molecule has 0 spiro atoms. The number of sulfonamides is 1. The molecule has 0 radical (unpaired) electrons. The average molecular weight is 485 g/mol. The van der Waals surface area contributed by atoms with Gasteiger partial charge in [0.1, 0.15) is 17.2 Å². The van der Waals surface area contributed by atoms with Gasteiger partial charge in [0, 0.05) is 23.9 Å². The molecule has 3 aromatic carbocycles. The number of hydrogen-bond donors (Lipinski definition) is 2. The first kappa shape index (κ1) is 24.9. The summed E-state index contributed by atoms with van der Waals surface area (Å²) >= 11 is 0. The lowest BCUT2D eigenvalue weighted by molar-refractivity contribution is 0.0954. The molecule has 2 N–H and O–H groups in total. The van der Waals surface area contributed by atoms with Crippen molar-refractivity contribution in [2.24, 2.45) is 0 Å². The summed E-state index contributed by atoms with van der Waals surface area (Å²) < 4.78 is 43.8. The van der Waals surface area contributed by atoms with Gasteiger partial charge in [0.2, 0.25) is 0 Å². The van der Waals surface area contributed by atoms with E-state index in [9.17, 15) is 13.2 Å². The molecule has 1 amide bonds. The van der Waals surface area contributed by atoms with Crippen LogP contribution >= 0.6 is 0 Å². The van der Waals surface area contributed by atoms with E-state index in [1.165, 1.54) is 24.3 Å². The van der Waals surface area contributed by atoms with Crippen LogP contribution in [-0.2, 0) is 16.4 Å². The molecule has 0 heterocycles. The second kappa shape index (κ2) is 11.4. The number of methoxy groups -OCH3 is 2. The van der Waals surface area contributed by atoms with E-state index in [4.69, 9.17) is 14.2 Å². The first-order valence-electron chi connectivity index (χ1n) is 10.7. The summed E-state index contributed by atoms with van der Waals surface area (Å²) in [5, 5.41) is 2.84. The fraction of sp³-hybridized carbons (Fsp3) is 0.240. The molecule has 0 aromatic heterocycles. The minimum atomic E-state index is -3.79. The van der Waals surface area contributed by atoms with Crippen molar-refractivity contribution < 1.29 is 27.4 Å². The van der Waals surface area contributed by atoms with Gasteiger partial charge in [-0.2, -0.15) is 0 Å². The van der Waals surface area contributed by atoms with E-state index in [1.807, 2.05) is 19.1 Å². The summed E-state index contributed by atoms with van der Waals surface area (Å²) in [7, 11) is -0.629. The van der Waals surface area contributed by atoms with Gasteiger partial charge in [-0.3, -0.25) is 9.52 Å². The fourth-order valence-electron chi connectivity index (χ4n) is 3.26. The first-order valence-corrected chi connectivity index (χ1v) is 12.2. The van der Waals surface area contributed by atoms with Crippen molar-refractivity contribution in [2.45, 2.75) is 18.2 Å². The number of amides is 1. The van der Waals surface area contributed by atoms with E-state index in [0.717, 1.165) is 5.56 Å². The molecule has 0 unspecified atom stereocenters. The Morgan fingerprint density at radius 3 is 2.18 bits per heavy atom. The van der Waals surface area contributed by atoms with Crippen LogP contribution in [0.25, 0.3) is 0 Å². The minimum Gasteiger partial charge on any atom is -0.497 e. The monoisotopic (exact) mass is 484 g/mol. The Labute approximate surface area is 199 Å². The number of anilines is 1. The van der Waals surface area contributed by atoms with Gasteiger partial charge < -0.3 is 19.5 Å². The molecular weight excluding hydrogens is 456 g/mol. The quantitative estimate of drug-likeness (QED) is 0.428. The number of carbonyl (C=O) groups excluding carboxylic acids is 1. The summed E-state index contributed by atoms with van der Waals surface area (Å²) in [5.41, 5.74) is 1.71. The van der Waals surface area contributed by atoms with E-state index >= 15 is 0 Å². The summed E-state index contributed by atoms with van der Waals surface area (Å²) in [6, 6.07) is 17.9. The molecule has 9 heteroatoms. The number of carbonyl (C=O) groups is 1. The van der Waals surface area contributed by atoms with E-state index in [0.29, 0.717) is 48.1 Å².